The van der Waals surface area contributed by atoms with Crippen molar-refractivity contribution in [3.63, 3.8) is 0 Å². The smallest absolute Gasteiger partial charge is 0.345 e. The van der Waals surface area contributed by atoms with E-state index in [1.165, 1.54) is 12.1 Å². The van der Waals surface area contributed by atoms with Crippen molar-refractivity contribution in [2.75, 3.05) is 24.6 Å². The van der Waals surface area contributed by atoms with Crippen LogP contribution < -0.4 is 15.3 Å². The number of nitrogens with zero attached hydrogens (tertiary/aromatic N) is 2. The number of fused-ring (bicyclic) bond motifs is 2. The molecular formula is C24H24N2O5. The molecule has 2 heterocycles. The van der Waals surface area contributed by atoms with Crippen LogP contribution in [0.3, 0.4) is 0 Å². The van der Waals surface area contributed by atoms with Crippen LogP contribution in [0.2, 0.25) is 0 Å². The third-order valence-corrected chi connectivity index (χ3v) is 5.21. The molecule has 0 fully saturated rings. The number of aromatic carboxylic acids is 1. The van der Waals surface area contributed by atoms with Gasteiger partial charge in [-0.3, -0.25) is 0 Å². The van der Waals surface area contributed by atoms with Crippen LogP contribution in [-0.4, -0.2) is 36.5 Å². The van der Waals surface area contributed by atoms with E-state index >= 15 is 0 Å². The first-order valence-corrected chi connectivity index (χ1v) is 10.4. The fourth-order valence-electron chi connectivity index (χ4n) is 3.73. The van der Waals surface area contributed by atoms with Crippen LogP contribution in [0.5, 0.6) is 5.75 Å². The molecule has 160 valence electrons. The minimum absolute atomic E-state index is 0.106. The second kappa shape index (κ2) is 8.63. The quantitative estimate of drug-likeness (QED) is 0.560. The van der Waals surface area contributed by atoms with Gasteiger partial charge < -0.3 is 19.2 Å². The maximum atomic E-state index is 12.7. The largest absolute Gasteiger partial charge is 0.485 e. The lowest BCUT2D eigenvalue weighted by Gasteiger charge is -2.24. The minimum atomic E-state index is -1.05. The van der Waals surface area contributed by atoms with E-state index in [0.29, 0.717) is 28.3 Å². The molecule has 0 spiro atoms. The molecule has 0 bridgehead atoms. The second-order valence-electron chi connectivity index (χ2n) is 7.49. The summed E-state index contributed by atoms with van der Waals surface area (Å²) in [6.45, 7) is 6.26. The first-order valence-electron chi connectivity index (χ1n) is 10.4. The van der Waals surface area contributed by atoms with E-state index < -0.39 is 11.6 Å². The molecule has 3 aromatic rings. The summed E-state index contributed by atoms with van der Waals surface area (Å²) in [6.07, 6.45) is 2.07. The minimum Gasteiger partial charge on any atom is -0.485 e. The number of hydrogen-bond acceptors (Lipinski definition) is 6. The molecule has 31 heavy (non-hydrogen) atoms. The van der Waals surface area contributed by atoms with Gasteiger partial charge in [-0.05, 0) is 49.2 Å². The number of anilines is 1. The van der Waals surface area contributed by atoms with Crippen molar-refractivity contribution >= 4 is 34.0 Å². The molecule has 0 unspecified atom stereocenters. The van der Waals surface area contributed by atoms with Gasteiger partial charge in [0, 0.05) is 30.2 Å². The fraction of sp³-hybridized carbons (Fsp3) is 0.292. The molecule has 1 aliphatic heterocycles. The topological polar surface area (TPSA) is 92.3 Å². The van der Waals surface area contributed by atoms with E-state index in [0.717, 1.165) is 37.0 Å². The van der Waals surface area contributed by atoms with Crippen LogP contribution in [-0.2, 0) is 0 Å². The predicted octanol–water partition coefficient (Wildman–Crippen LogP) is 4.63. The normalized spacial score (nSPS) is 12.8. The van der Waals surface area contributed by atoms with Crippen LogP contribution in [0.1, 0.15) is 42.6 Å². The van der Waals surface area contributed by atoms with Gasteiger partial charge >= 0.3 is 11.6 Å². The van der Waals surface area contributed by atoms with Gasteiger partial charge in [-0.15, -0.1) is 0 Å². The number of benzene rings is 2. The van der Waals surface area contributed by atoms with E-state index in [1.54, 1.807) is 12.1 Å². The highest BCUT2D eigenvalue weighted by Gasteiger charge is 2.20. The molecule has 0 aliphatic carbocycles. The highest BCUT2D eigenvalue weighted by molar-refractivity contribution is 6.06. The molecule has 1 N–H and O–H groups in total. The van der Waals surface area contributed by atoms with Crippen LogP contribution >= 0.6 is 0 Å². The Morgan fingerprint density at radius 3 is 2.58 bits per heavy atom. The van der Waals surface area contributed by atoms with Crippen molar-refractivity contribution in [2.24, 2.45) is 4.99 Å². The van der Waals surface area contributed by atoms with Crippen LogP contribution in [0, 0.1) is 0 Å². The SMILES string of the molecule is CCCN(CCC)c1ccc2cc(C3=Nc4cc(C(=O)O)ccc4OC3)c(=O)oc2c1. The van der Waals surface area contributed by atoms with Crippen LogP contribution in [0.15, 0.2) is 56.7 Å². The Kier molecular flexibility index (Phi) is 5.75. The monoisotopic (exact) mass is 420 g/mol. The summed E-state index contributed by atoms with van der Waals surface area (Å²) in [7, 11) is 0. The summed E-state index contributed by atoms with van der Waals surface area (Å²) >= 11 is 0. The molecule has 7 nitrogen and oxygen atoms in total. The summed E-state index contributed by atoms with van der Waals surface area (Å²) in [4.78, 5) is 30.7. The van der Waals surface area contributed by atoms with Gasteiger partial charge in [0.25, 0.3) is 0 Å². The molecular weight excluding hydrogens is 396 g/mol. The van der Waals surface area contributed by atoms with Gasteiger partial charge in [0.05, 0.1) is 16.8 Å². The Hall–Kier alpha value is -3.61. The van der Waals surface area contributed by atoms with Crippen molar-refractivity contribution < 1.29 is 19.1 Å². The highest BCUT2D eigenvalue weighted by Crippen LogP contribution is 2.33. The summed E-state index contributed by atoms with van der Waals surface area (Å²) in [5.41, 5.74) is 2.26. The van der Waals surface area contributed by atoms with Gasteiger partial charge in [-0.2, -0.15) is 0 Å². The van der Waals surface area contributed by atoms with Gasteiger partial charge in [-0.1, -0.05) is 13.8 Å². The maximum Gasteiger partial charge on any atom is 0.345 e. The molecule has 0 saturated carbocycles. The van der Waals surface area contributed by atoms with E-state index in [2.05, 4.69) is 23.7 Å². The maximum absolute atomic E-state index is 12.7. The number of hydrogen-bond donors (Lipinski definition) is 1. The Bertz CT molecular complexity index is 1220. The van der Waals surface area contributed by atoms with Crippen LogP contribution in [0.4, 0.5) is 11.4 Å². The van der Waals surface area contributed by atoms with E-state index in [9.17, 15) is 14.7 Å². The lowest BCUT2D eigenvalue weighted by molar-refractivity contribution is 0.0697. The Balaban J connectivity index is 1.73. The number of carboxylic acids is 1. The Morgan fingerprint density at radius 1 is 1.10 bits per heavy atom. The standard InChI is InChI=1S/C24H24N2O5/c1-3-9-26(10-4-2)17-7-5-15-11-18(24(29)31-22(15)13-17)20-14-30-21-8-6-16(23(27)28)12-19(21)25-20/h5-8,11-13H,3-4,9-10,14H2,1-2H3,(H,27,28). The lowest BCUT2D eigenvalue weighted by Crippen LogP contribution is -2.25. The molecule has 2 aromatic carbocycles. The lowest BCUT2D eigenvalue weighted by atomic mass is 10.1. The first kappa shape index (κ1) is 20.7. The zero-order valence-corrected chi connectivity index (χ0v) is 17.6. The van der Waals surface area contributed by atoms with E-state index in [4.69, 9.17) is 9.15 Å². The summed E-state index contributed by atoms with van der Waals surface area (Å²) < 4.78 is 11.3. The molecule has 1 aromatic heterocycles. The second-order valence-corrected chi connectivity index (χ2v) is 7.49. The number of carbonyl (C=O) groups is 1. The predicted molar refractivity (Wildman–Crippen MR) is 120 cm³/mol. The molecule has 0 atom stereocenters. The van der Waals surface area contributed by atoms with Gasteiger partial charge in [0.2, 0.25) is 0 Å². The van der Waals surface area contributed by atoms with Crippen molar-refractivity contribution in [3.05, 3.63) is 64.0 Å². The van der Waals surface area contributed by atoms with E-state index in [-0.39, 0.29) is 12.2 Å². The third kappa shape index (κ3) is 4.17. The van der Waals surface area contributed by atoms with Crippen LogP contribution in [0.25, 0.3) is 11.0 Å². The fourth-order valence-corrected chi connectivity index (χ4v) is 3.73. The first-order chi connectivity index (χ1) is 15.0. The van der Waals surface area contributed by atoms with Gasteiger partial charge in [-0.25, -0.2) is 14.6 Å². The average molecular weight is 420 g/mol. The third-order valence-electron chi connectivity index (χ3n) is 5.21. The molecule has 4 rings (SSSR count). The molecule has 0 amide bonds. The zero-order chi connectivity index (χ0) is 22.0. The number of ether oxygens (including phenoxy) is 1. The summed E-state index contributed by atoms with van der Waals surface area (Å²) in [5.74, 6) is -0.568. The van der Waals surface area contributed by atoms with Gasteiger partial charge in [0.1, 0.15) is 23.6 Å². The highest BCUT2D eigenvalue weighted by atomic mass is 16.5. The molecule has 0 saturated heterocycles. The molecule has 1 aliphatic rings. The molecule has 7 heteroatoms. The Labute approximate surface area is 179 Å². The number of carboxylic acid groups (broad SMARTS) is 1. The van der Waals surface area contributed by atoms with Crippen molar-refractivity contribution in [1.29, 1.82) is 0 Å². The summed E-state index contributed by atoms with van der Waals surface area (Å²) in [6, 6.07) is 12.1. The number of aliphatic imine (C=N–C) groups is 1. The van der Waals surface area contributed by atoms with Crippen molar-refractivity contribution in [3.8, 4) is 5.75 Å². The summed E-state index contributed by atoms with van der Waals surface area (Å²) in [5, 5.41) is 9.99. The van der Waals surface area contributed by atoms with E-state index in [1.807, 2.05) is 18.2 Å². The average Bonchev–Trinajstić information content (AvgIpc) is 2.77. The van der Waals surface area contributed by atoms with Crippen molar-refractivity contribution in [1.82, 2.24) is 0 Å². The molecule has 0 radical (unpaired) electrons. The number of rotatable bonds is 7. The van der Waals surface area contributed by atoms with Gasteiger partial charge in [0.15, 0.2) is 0 Å². The zero-order valence-electron chi connectivity index (χ0n) is 17.6. The Morgan fingerprint density at radius 2 is 1.87 bits per heavy atom. The van der Waals surface area contributed by atoms with Crippen molar-refractivity contribution in [2.45, 2.75) is 26.7 Å².